The maximum Gasteiger partial charge on any atom is 0.323 e. The molecule has 70 heavy (non-hydrogen) atoms. The molecule has 7 aromatic rings. The van der Waals surface area contributed by atoms with Crippen LogP contribution in [0.1, 0.15) is 20.8 Å². The first-order valence-electron chi connectivity index (χ1n) is 23.1. The molecule has 16 nitrogen and oxygen atoms in total. The number of hydrogen-bond acceptors (Lipinski definition) is 14. The van der Waals surface area contributed by atoms with Crippen LogP contribution in [-0.2, 0) is 16.1 Å². The fourth-order valence-electron chi connectivity index (χ4n) is 8.75. The molecule has 3 fully saturated rings. The van der Waals surface area contributed by atoms with Crippen LogP contribution in [0.5, 0.6) is 0 Å². The molecule has 3 saturated heterocycles. The third-order valence-electron chi connectivity index (χ3n) is 12.6. The van der Waals surface area contributed by atoms with E-state index in [9.17, 15) is 31.1 Å². The number of esters is 1. The van der Waals surface area contributed by atoms with Crippen molar-refractivity contribution in [2.45, 2.75) is 39.4 Å². The molecule has 4 aromatic heterocycles. The first-order chi connectivity index (χ1) is 33.8. The van der Waals surface area contributed by atoms with E-state index in [1.807, 2.05) is 31.2 Å². The van der Waals surface area contributed by atoms with Crippen molar-refractivity contribution in [1.82, 2.24) is 44.5 Å². The van der Waals surface area contributed by atoms with Gasteiger partial charge >= 0.3 is 5.97 Å². The number of piperazine rings is 3. The van der Waals surface area contributed by atoms with Crippen molar-refractivity contribution in [3.63, 3.8) is 0 Å². The first kappa shape index (κ1) is 49.5. The van der Waals surface area contributed by atoms with E-state index in [2.05, 4.69) is 37.3 Å². The molecule has 0 saturated carbocycles. The molecule has 3 aromatic carbocycles. The topological polar surface area (TPSA) is 155 Å². The second-order valence-corrected chi connectivity index (χ2v) is 17.0. The number of nitrogens with one attached hydrogen (secondary N) is 1. The minimum Gasteiger partial charge on any atom is -0.465 e. The molecule has 22 heteroatoms. The summed E-state index contributed by atoms with van der Waals surface area (Å²) in [6.07, 6.45) is 3.29. The van der Waals surface area contributed by atoms with Crippen LogP contribution in [0.4, 0.5) is 49.4 Å². The van der Waals surface area contributed by atoms with Crippen molar-refractivity contribution >= 4 is 45.7 Å². The quantitative estimate of drug-likeness (QED) is 0.118. The summed E-state index contributed by atoms with van der Waals surface area (Å²) < 4.78 is 93.8. The van der Waals surface area contributed by atoms with Crippen LogP contribution >= 0.6 is 0 Å². The summed E-state index contributed by atoms with van der Waals surface area (Å²) >= 11 is 0. The Morgan fingerprint density at radius 3 is 1.74 bits per heavy atom. The van der Waals surface area contributed by atoms with Gasteiger partial charge in [0.2, 0.25) is 11.8 Å². The van der Waals surface area contributed by atoms with Gasteiger partial charge in [0.25, 0.3) is 0 Å². The van der Waals surface area contributed by atoms with Crippen molar-refractivity contribution in [1.29, 1.82) is 0 Å². The SMILES string of the molecule is CC(Cn1ncc2c1nc(N)n1nc(-c3ccco3)nc21)N1CCN(c2ccc(F)cc2F)CC1.CCOC(=O)C(C)N1CCN(c2ccc(F)cc2F)CC1.Fc1ccc(N2CCNCC2)c(F)c1. The van der Waals surface area contributed by atoms with E-state index in [4.69, 9.17) is 14.9 Å². The Kier molecular flexibility index (Phi) is 15.7. The van der Waals surface area contributed by atoms with Gasteiger partial charge in [0, 0.05) is 103 Å². The molecule has 3 N–H and O–H groups in total. The van der Waals surface area contributed by atoms with Gasteiger partial charge < -0.3 is 34.9 Å². The molecule has 0 bridgehead atoms. The summed E-state index contributed by atoms with van der Waals surface area (Å²) in [4.78, 5) is 30.9. The second kappa shape index (κ2) is 22.2. The number of nitrogens with two attached hydrogens (primary N) is 1. The molecule has 2 unspecified atom stereocenters. The number of fused-ring (bicyclic) bond motifs is 3. The molecule has 7 heterocycles. The molecule has 10 rings (SSSR count). The molecular weight excluding hydrogens is 921 g/mol. The number of nitrogens with zero attached hydrogens (tertiary/aromatic N) is 11. The number of aromatic nitrogens is 6. The van der Waals surface area contributed by atoms with Gasteiger partial charge in [-0.3, -0.25) is 14.6 Å². The zero-order chi connectivity index (χ0) is 49.5. The summed E-state index contributed by atoms with van der Waals surface area (Å²) in [7, 11) is 0. The van der Waals surface area contributed by atoms with Crippen molar-refractivity contribution in [3.8, 4) is 11.6 Å². The standard InChI is InChI=1S/C23H23F2N9O.C15H20F2N2O2.C10H12F2N2/c1-14(31-6-8-32(9-7-31)18-5-4-15(24)11-17(18)25)13-33-21-16(12-27-33)22-28-20(19-3-2-10-35-19)30-34(22)23(26)29-21;1-3-21-15(20)11(2)18-6-8-19(9-7-18)14-5-4-12(16)10-13(14)17;11-8-1-2-10(9(12)7-8)14-5-3-13-4-6-14/h2-5,10-12,14H,6-9,13H2,1H3,(H2,26,29);4-5,10-11H,3,6-9H2,1-2H3;1-2,7,13H,3-6H2. The van der Waals surface area contributed by atoms with Crippen LogP contribution in [0.2, 0.25) is 0 Å². The van der Waals surface area contributed by atoms with Gasteiger partial charge in [-0.25, -0.2) is 36.0 Å². The predicted molar refractivity (Wildman–Crippen MR) is 253 cm³/mol. The van der Waals surface area contributed by atoms with E-state index >= 15 is 0 Å². The summed E-state index contributed by atoms with van der Waals surface area (Å²) in [5.74, 6) is -2.30. The smallest absolute Gasteiger partial charge is 0.323 e. The van der Waals surface area contributed by atoms with Gasteiger partial charge in [-0.1, -0.05) is 0 Å². The normalized spacial score (nSPS) is 16.7. The van der Waals surface area contributed by atoms with Crippen LogP contribution < -0.4 is 25.8 Å². The largest absolute Gasteiger partial charge is 0.465 e. The van der Waals surface area contributed by atoms with Crippen molar-refractivity contribution in [3.05, 3.63) is 114 Å². The maximum atomic E-state index is 14.2. The van der Waals surface area contributed by atoms with Crippen molar-refractivity contribution in [2.24, 2.45) is 0 Å². The van der Waals surface area contributed by atoms with Crippen LogP contribution in [0.25, 0.3) is 28.3 Å². The van der Waals surface area contributed by atoms with E-state index in [0.29, 0.717) is 92.4 Å². The van der Waals surface area contributed by atoms with Gasteiger partial charge in [-0.05, 0) is 69.3 Å². The molecule has 0 aliphatic carbocycles. The van der Waals surface area contributed by atoms with Gasteiger partial charge in [0.1, 0.15) is 40.9 Å². The van der Waals surface area contributed by atoms with Crippen LogP contribution in [0.15, 0.2) is 83.6 Å². The Bertz CT molecular complexity index is 2860. The fourth-order valence-corrected chi connectivity index (χ4v) is 8.75. The molecule has 3 aliphatic heterocycles. The van der Waals surface area contributed by atoms with Crippen LogP contribution in [0, 0.1) is 34.9 Å². The fraction of sp³-hybridized carbons (Fsp3) is 0.396. The molecular formula is C48H55F6N13O3. The lowest BCUT2D eigenvalue weighted by Gasteiger charge is -2.39. The summed E-state index contributed by atoms with van der Waals surface area (Å²) in [5.41, 5.74) is 8.71. The number of halogens is 6. The molecule has 0 radical (unpaired) electrons. The number of hydrogen-bond donors (Lipinski definition) is 2. The first-order valence-corrected chi connectivity index (χ1v) is 23.1. The van der Waals surface area contributed by atoms with Gasteiger partial charge in [0.15, 0.2) is 17.1 Å². The second-order valence-electron chi connectivity index (χ2n) is 17.0. The van der Waals surface area contributed by atoms with E-state index in [1.165, 1.54) is 40.9 Å². The zero-order valence-corrected chi connectivity index (χ0v) is 39.0. The average molecular weight is 976 g/mol. The summed E-state index contributed by atoms with van der Waals surface area (Å²) in [5, 5.41) is 12.9. The predicted octanol–water partition coefficient (Wildman–Crippen LogP) is 6.22. The number of carbonyl (C=O) groups is 1. The van der Waals surface area contributed by atoms with Crippen molar-refractivity contribution in [2.75, 3.05) is 106 Å². The van der Waals surface area contributed by atoms with E-state index in [0.717, 1.165) is 62.9 Å². The molecule has 2 atom stereocenters. The molecule has 3 aliphatic rings. The molecule has 0 amide bonds. The monoisotopic (exact) mass is 975 g/mol. The zero-order valence-electron chi connectivity index (χ0n) is 39.0. The highest BCUT2D eigenvalue weighted by molar-refractivity contribution is 5.90. The Balaban J connectivity index is 0.000000159. The van der Waals surface area contributed by atoms with Crippen LogP contribution in [0.3, 0.4) is 0 Å². The number of anilines is 4. The number of ether oxygens (including phenoxy) is 1. The van der Waals surface area contributed by atoms with E-state index in [1.54, 1.807) is 31.5 Å². The number of furan rings is 1. The average Bonchev–Trinajstić information content (AvgIpc) is 4.14. The van der Waals surface area contributed by atoms with Crippen molar-refractivity contribution < 1.29 is 40.3 Å². The lowest BCUT2D eigenvalue weighted by molar-refractivity contribution is -0.149. The van der Waals surface area contributed by atoms with Gasteiger partial charge in [-0.2, -0.15) is 14.6 Å². The Labute approximate surface area is 400 Å². The number of benzene rings is 3. The summed E-state index contributed by atoms with van der Waals surface area (Å²) in [6.45, 7) is 15.1. The third-order valence-corrected chi connectivity index (χ3v) is 12.6. The minimum atomic E-state index is -0.578. The number of nitrogen functional groups attached to an aromatic ring is 1. The van der Waals surface area contributed by atoms with E-state index < -0.39 is 34.9 Å². The lowest BCUT2D eigenvalue weighted by Crippen LogP contribution is -2.52. The Morgan fingerprint density at radius 1 is 0.714 bits per heavy atom. The third kappa shape index (κ3) is 11.4. The highest BCUT2D eigenvalue weighted by Gasteiger charge is 2.28. The Hall–Kier alpha value is -6.91. The minimum absolute atomic E-state index is 0.147. The Morgan fingerprint density at radius 2 is 1.24 bits per heavy atom. The molecule has 0 spiro atoms. The van der Waals surface area contributed by atoms with Gasteiger partial charge in [-0.15, -0.1) is 5.10 Å². The summed E-state index contributed by atoms with van der Waals surface area (Å²) in [6, 6.07) is 14.4. The number of carbonyl (C=O) groups excluding carboxylic acids is 1. The van der Waals surface area contributed by atoms with Crippen LogP contribution in [-0.4, -0.2) is 142 Å². The van der Waals surface area contributed by atoms with Gasteiger partial charge in [0.05, 0.1) is 48.1 Å². The molecule has 372 valence electrons. The highest BCUT2D eigenvalue weighted by atomic mass is 19.2. The highest BCUT2D eigenvalue weighted by Crippen LogP contribution is 2.27. The number of rotatable bonds is 10. The van der Waals surface area contributed by atoms with E-state index in [-0.39, 0.29) is 24.0 Å². The lowest BCUT2D eigenvalue weighted by atomic mass is 10.2. The maximum absolute atomic E-state index is 14.2.